The van der Waals surface area contributed by atoms with E-state index < -0.39 is 4.92 Å². The summed E-state index contributed by atoms with van der Waals surface area (Å²) in [5, 5.41) is 18.8. The molecule has 0 radical (unpaired) electrons. The Morgan fingerprint density at radius 1 is 1.32 bits per heavy atom. The zero-order valence-corrected chi connectivity index (χ0v) is 11.7. The molecular formula is C15H12N4O3. The molecular weight excluding hydrogens is 284 g/mol. The minimum atomic E-state index is -0.444. The summed E-state index contributed by atoms with van der Waals surface area (Å²) in [5.74, 6) is 0.539. The fraction of sp³-hybridized carbons (Fsp3) is 0.0667. The van der Waals surface area contributed by atoms with Gasteiger partial charge < -0.3 is 4.74 Å². The minimum Gasteiger partial charge on any atom is -0.497 e. The molecule has 7 heteroatoms. The molecule has 0 spiro atoms. The molecule has 1 aromatic heterocycles. The molecule has 22 heavy (non-hydrogen) atoms. The van der Waals surface area contributed by atoms with Gasteiger partial charge >= 0.3 is 0 Å². The van der Waals surface area contributed by atoms with E-state index in [1.54, 1.807) is 18.3 Å². The number of nitrogens with one attached hydrogen (secondary N) is 1. The Balaban J connectivity index is 1.98. The van der Waals surface area contributed by atoms with Crippen molar-refractivity contribution in [3.8, 4) is 5.75 Å². The fourth-order valence-electron chi connectivity index (χ4n) is 2.08. The van der Waals surface area contributed by atoms with Crippen LogP contribution in [0, 0.1) is 10.1 Å². The predicted molar refractivity (Wildman–Crippen MR) is 83.0 cm³/mol. The smallest absolute Gasteiger partial charge is 0.278 e. The SMILES string of the molecule is COc1ccc([N+](=O)[O-])c(C=Nc2ccc3[nH]ncc3c2)c1. The third kappa shape index (κ3) is 2.64. The Morgan fingerprint density at radius 3 is 2.95 bits per heavy atom. The number of fused-ring (bicyclic) bond motifs is 1. The van der Waals surface area contributed by atoms with Crippen LogP contribution in [-0.4, -0.2) is 28.4 Å². The average Bonchev–Trinajstić information content (AvgIpc) is 3.00. The lowest BCUT2D eigenvalue weighted by Gasteiger charge is -2.02. The summed E-state index contributed by atoms with van der Waals surface area (Å²) in [4.78, 5) is 14.9. The van der Waals surface area contributed by atoms with E-state index in [-0.39, 0.29) is 5.69 Å². The molecule has 0 atom stereocenters. The second-order valence-electron chi connectivity index (χ2n) is 4.58. The van der Waals surface area contributed by atoms with Gasteiger partial charge in [0.25, 0.3) is 5.69 Å². The van der Waals surface area contributed by atoms with Gasteiger partial charge in [-0.3, -0.25) is 20.2 Å². The maximum atomic E-state index is 11.1. The summed E-state index contributed by atoms with van der Waals surface area (Å²) in [6.07, 6.45) is 3.16. The van der Waals surface area contributed by atoms with Crippen LogP contribution in [0.1, 0.15) is 5.56 Å². The van der Waals surface area contributed by atoms with Crippen LogP contribution in [0.3, 0.4) is 0 Å². The van der Waals surface area contributed by atoms with E-state index in [2.05, 4.69) is 15.2 Å². The highest BCUT2D eigenvalue weighted by Gasteiger charge is 2.12. The van der Waals surface area contributed by atoms with Gasteiger partial charge in [0.15, 0.2) is 0 Å². The summed E-state index contributed by atoms with van der Waals surface area (Å²) in [6.45, 7) is 0. The maximum absolute atomic E-state index is 11.1. The number of H-pyrrole nitrogens is 1. The topological polar surface area (TPSA) is 93.4 Å². The third-order valence-corrected chi connectivity index (χ3v) is 3.21. The van der Waals surface area contributed by atoms with E-state index in [4.69, 9.17) is 4.74 Å². The number of benzene rings is 2. The lowest BCUT2D eigenvalue weighted by molar-refractivity contribution is -0.385. The van der Waals surface area contributed by atoms with Gasteiger partial charge in [-0.05, 0) is 30.3 Å². The van der Waals surface area contributed by atoms with Crippen molar-refractivity contribution in [1.29, 1.82) is 0 Å². The highest BCUT2D eigenvalue weighted by molar-refractivity contribution is 5.89. The van der Waals surface area contributed by atoms with Crippen LogP contribution >= 0.6 is 0 Å². The Morgan fingerprint density at radius 2 is 2.18 bits per heavy atom. The van der Waals surface area contributed by atoms with E-state index >= 15 is 0 Å². The van der Waals surface area contributed by atoms with Crippen LogP contribution in [-0.2, 0) is 0 Å². The summed E-state index contributed by atoms with van der Waals surface area (Å²) in [7, 11) is 1.51. The standard InChI is InChI=1S/C15H12N4O3/c1-22-13-3-5-15(19(20)21)11(7-13)8-16-12-2-4-14-10(6-12)9-17-18-14/h2-9H,1H3,(H,17,18). The number of ether oxygens (including phenoxy) is 1. The molecule has 0 saturated heterocycles. The molecule has 7 nitrogen and oxygen atoms in total. The zero-order chi connectivity index (χ0) is 15.5. The number of hydrogen-bond acceptors (Lipinski definition) is 5. The van der Waals surface area contributed by atoms with Crippen LogP contribution in [0.2, 0.25) is 0 Å². The molecule has 1 N–H and O–H groups in total. The second kappa shape index (κ2) is 5.65. The Kier molecular flexibility index (Phi) is 3.53. The Labute approximate surface area is 125 Å². The first-order valence-electron chi connectivity index (χ1n) is 6.47. The highest BCUT2D eigenvalue weighted by Crippen LogP contribution is 2.24. The molecule has 0 fully saturated rings. The van der Waals surface area contributed by atoms with Gasteiger partial charge in [0.2, 0.25) is 0 Å². The molecule has 0 saturated carbocycles. The van der Waals surface area contributed by atoms with Crippen molar-refractivity contribution >= 4 is 28.5 Å². The van der Waals surface area contributed by atoms with Gasteiger partial charge in [-0.1, -0.05) is 0 Å². The van der Waals surface area contributed by atoms with Gasteiger partial charge in [0.1, 0.15) is 5.75 Å². The summed E-state index contributed by atoms with van der Waals surface area (Å²) in [5.41, 5.74) is 1.96. The number of nitro benzene ring substituents is 1. The second-order valence-corrected chi connectivity index (χ2v) is 4.58. The van der Waals surface area contributed by atoms with E-state index in [9.17, 15) is 10.1 Å². The molecule has 1 heterocycles. The molecule has 2 aromatic carbocycles. The maximum Gasteiger partial charge on any atom is 0.278 e. The lowest BCUT2D eigenvalue weighted by atomic mass is 10.2. The largest absolute Gasteiger partial charge is 0.497 e. The zero-order valence-electron chi connectivity index (χ0n) is 11.7. The normalized spacial score (nSPS) is 11.1. The number of nitro groups is 1. The van der Waals surface area contributed by atoms with Crippen LogP contribution < -0.4 is 4.74 Å². The molecule has 3 aromatic rings. The van der Waals surface area contributed by atoms with Crippen molar-refractivity contribution in [1.82, 2.24) is 10.2 Å². The van der Waals surface area contributed by atoms with Crippen molar-refractivity contribution in [2.24, 2.45) is 4.99 Å². The first kappa shape index (κ1) is 13.7. The third-order valence-electron chi connectivity index (χ3n) is 3.21. The van der Waals surface area contributed by atoms with Gasteiger partial charge in [0, 0.05) is 17.7 Å². The lowest BCUT2D eigenvalue weighted by Crippen LogP contribution is -1.95. The number of methoxy groups -OCH3 is 1. The minimum absolute atomic E-state index is 0.0195. The molecule has 0 amide bonds. The number of hydrogen-bond donors (Lipinski definition) is 1. The Hall–Kier alpha value is -3.22. The highest BCUT2D eigenvalue weighted by atomic mass is 16.6. The first-order chi connectivity index (χ1) is 10.7. The molecule has 0 aliphatic carbocycles. The number of nitrogens with zero attached hydrogens (tertiary/aromatic N) is 3. The molecule has 0 unspecified atom stereocenters. The van der Waals surface area contributed by atoms with Crippen molar-refractivity contribution in [2.75, 3.05) is 7.11 Å². The first-order valence-corrected chi connectivity index (χ1v) is 6.47. The van der Waals surface area contributed by atoms with E-state index in [0.717, 1.165) is 10.9 Å². The number of aliphatic imine (C=N–C) groups is 1. The molecule has 0 bridgehead atoms. The van der Waals surface area contributed by atoms with Crippen LogP contribution in [0.25, 0.3) is 10.9 Å². The van der Waals surface area contributed by atoms with Gasteiger partial charge in [-0.2, -0.15) is 5.10 Å². The van der Waals surface area contributed by atoms with E-state index in [0.29, 0.717) is 17.0 Å². The molecule has 0 aliphatic heterocycles. The van der Waals surface area contributed by atoms with Crippen LogP contribution in [0.5, 0.6) is 5.75 Å². The molecule has 110 valence electrons. The van der Waals surface area contributed by atoms with E-state index in [1.807, 2.05) is 18.2 Å². The number of aromatic nitrogens is 2. The van der Waals surface area contributed by atoms with Crippen molar-refractivity contribution < 1.29 is 9.66 Å². The summed E-state index contributed by atoms with van der Waals surface area (Å²) in [6, 6.07) is 10.0. The van der Waals surface area contributed by atoms with Gasteiger partial charge in [-0.25, -0.2) is 0 Å². The van der Waals surface area contributed by atoms with Crippen molar-refractivity contribution in [3.05, 3.63) is 58.3 Å². The average molecular weight is 296 g/mol. The monoisotopic (exact) mass is 296 g/mol. The van der Waals surface area contributed by atoms with E-state index in [1.165, 1.54) is 19.4 Å². The van der Waals surface area contributed by atoms with Crippen molar-refractivity contribution in [3.63, 3.8) is 0 Å². The van der Waals surface area contributed by atoms with Crippen molar-refractivity contribution in [2.45, 2.75) is 0 Å². The Bertz CT molecular complexity index is 870. The van der Waals surface area contributed by atoms with Crippen LogP contribution in [0.4, 0.5) is 11.4 Å². The number of rotatable bonds is 4. The molecule has 0 aliphatic rings. The number of aromatic amines is 1. The van der Waals surface area contributed by atoms with Gasteiger partial charge in [-0.15, -0.1) is 0 Å². The predicted octanol–water partition coefficient (Wildman–Crippen LogP) is 3.23. The summed E-state index contributed by atoms with van der Waals surface area (Å²) >= 11 is 0. The van der Waals surface area contributed by atoms with Crippen LogP contribution in [0.15, 0.2) is 47.6 Å². The quantitative estimate of drug-likeness (QED) is 0.454. The van der Waals surface area contributed by atoms with Gasteiger partial charge in [0.05, 0.1) is 35.0 Å². The molecule has 3 rings (SSSR count). The fourth-order valence-corrected chi connectivity index (χ4v) is 2.08. The summed E-state index contributed by atoms with van der Waals surface area (Å²) < 4.78 is 5.09.